The molecule has 0 bridgehead atoms. The van der Waals surface area contributed by atoms with Gasteiger partial charge in [0.15, 0.2) is 5.65 Å². The summed E-state index contributed by atoms with van der Waals surface area (Å²) in [7, 11) is 0. The third kappa shape index (κ3) is 4.94. The van der Waals surface area contributed by atoms with Crippen LogP contribution in [0.5, 0.6) is 0 Å². The summed E-state index contributed by atoms with van der Waals surface area (Å²) >= 11 is 0. The van der Waals surface area contributed by atoms with Crippen molar-refractivity contribution in [3.05, 3.63) is 52.3 Å². The number of carbonyl (C=O) groups excluding carboxylic acids is 2. The lowest BCUT2D eigenvalue weighted by Crippen LogP contribution is -2.45. The van der Waals surface area contributed by atoms with Crippen LogP contribution >= 0.6 is 0 Å². The van der Waals surface area contributed by atoms with Gasteiger partial charge in [0.25, 0.3) is 5.91 Å². The van der Waals surface area contributed by atoms with Gasteiger partial charge in [-0.25, -0.2) is 14.5 Å². The molecule has 9 heteroatoms. The fraction of sp³-hybridized carbons (Fsp3) is 0.462. The second-order valence-corrected chi connectivity index (χ2v) is 9.50. The SMILES string of the molecule is CCn1ncc2c(NC3CCN(C(N)=O)CC3)c(C(=O)N[C@H](C)c3c(C)cc(C)cc3C)cnc21. The largest absolute Gasteiger partial charge is 0.381 e. The number of fused-ring (bicyclic) bond motifs is 1. The highest BCUT2D eigenvalue weighted by atomic mass is 16.2. The van der Waals surface area contributed by atoms with Gasteiger partial charge in [0.05, 0.1) is 28.9 Å². The zero-order chi connectivity index (χ0) is 25.3. The number of benzene rings is 1. The molecular formula is C26H35N7O2. The normalized spacial score (nSPS) is 15.3. The second kappa shape index (κ2) is 9.93. The Morgan fingerprint density at radius 2 is 1.80 bits per heavy atom. The highest BCUT2D eigenvalue weighted by molar-refractivity contribution is 6.06. The first kappa shape index (κ1) is 24.5. The Balaban J connectivity index is 1.64. The summed E-state index contributed by atoms with van der Waals surface area (Å²) in [5.74, 6) is -0.187. The van der Waals surface area contributed by atoms with Gasteiger partial charge in [-0.15, -0.1) is 0 Å². The highest BCUT2D eigenvalue weighted by Gasteiger charge is 2.26. The van der Waals surface area contributed by atoms with Gasteiger partial charge < -0.3 is 21.3 Å². The van der Waals surface area contributed by atoms with Gasteiger partial charge in [0.2, 0.25) is 0 Å². The first-order valence-electron chi connectivity index (χ1n) is 12.2. The number of aryl methyl sites for hydroxylation is 4. The number of urea groups is 1. The molecule has 1 atom stereocenters. The molecule has 2 aromatic heterocycles. The van der Waals surface area contributed by atoms with Crippen molar-refractivity contribution in [1.82, 2.24) is 25.0 Å². The Kier molecular flexibility index (Phi) is 6.95. The summed E-state index contributed by atoms with van der Waals surface area (Å²) in [4.78, 5) is 31.3. The van der Waals surface area contributed by atoms with Crippen LogP contribution in [0.1, 0.15) is 65.3 Å². The van der Waals surface area contributed by atoms with E-state index in [9.17, 15) is 9.59 Å². The fourth-order valence-electron chi connectivity index (χ4n) is 5.25. The number of piperidine rings is 1. The van der Waals surface area contributed by atoms with E-state index in [0.717, 1.165) is 46.3 Å². The van der Waals surface area contributed by atoms with Crippen LogP contribution in [-0.2, 0) is 6.54 Å². The van der Waals surface area contributed by atoms with Crippen LogP contribution < -0.4 is 16.4 Å². The lowest BCUT2D eigenvalue weighted by Gasteiger charge is -2.32. The van der Waals surface area contributed by atoms with Crippen LogP contribution in [0, 0.1) is 20.8 Å². The van der Waals surface area contributed by atoms with Crippen LogP contribution in [0.3, 0.4) is 0 Å². The van der Waals surface area contributed by atoms with Crippen molar-refractivity contribution in [2.24, 2.45) is 5.73 Å². The molecular weight excluding hydrogens is 442 g/mol. The molecule has 1 fully saturated rings. The van der Waals surface area contributed by atoms with Crippen molar-refractivity contribution < 1.29 is 9.59 Å². The van der Waals surface area contributed by atoms with E-state index >= 15 is 0 Å². The number of anilines is 1. The molecule has 0 saturated carbocycles. The number of aromatic nitrogens is 3. The quantitative estimate of drug-likeness (QED) is 0.499. The molecule has 0 radical (unpaired) electrons. The number of hydrogen-bond donors (Lipinski definition) is 3. The number of primary amides is 1. The van der Waals surface area contributed by atoms with Crippen molar-refractivity contribution in [3.8, 4) is 0 Å². The van der Waals surface area contributed by atoms with E-state index in [1.165, 1.54) is 5.56 Å². The average molecular weight is 478 g/mol. The van der Waals surface area contributed by atoms with E-state index in [1.807, 2.05) is 18.5 Å². The summed E-state index contributed by atoms with van der Waals surface area (Å²) < 4.78 is 1.82. The summed E-state index contributed by atoms with van der Waals surface area (Å²) in [6.45, 7) is 12.1. The van der Waals surface area contributed by atoms with Gasteiger partial charge in [0, 0.05) is 31.9 Å². The number of nitrogens with zero attached hydrogens (tertiary/aromatic N) is 4. The number of likely N-dealkylation sites (tertiary alicyclic amines) is 1. The Hall–Kier alpha value is -3.62. The van der Waals surface area contributed by atoms with Crippen LogP contribution in [-0.4, -0.2) is 50.7 Å². The van der Waals surface area contributed by atoms with Gasteiger partial charge in [-0.05, 0) is 64.2 Å². The molecule has 3 amide bonds. The lowest BCUT2D eigenvalue weighted by molar-refractivity contribution is 0.0940. The van der Waals surface area contributed by atoms with Gasteiger partial charge >= 0.3 is 6.03 Å². The Morgan fingerprint density at radius 3 is 2.40 bits per heavy atom. The molecule has 9 nitrogen and oxygen atoms in total. The monoisotopic (exact) mass is 477 g/mol. The molecule has 0 aliphatic carbocycles. The third-order valence-corrected chi connectivity index (χ3v) is 6.88. The summed E-state index contributed by atoms with van der Waals surface area (Å²) in [5.41, 5.74) is 12.0. The third-order valence-electron chi connectivity index (χ3n) is 6.88. The van der Waals surface area contributed by atoms with Gasteiger partial charge in [-0.2, -0.15) is 5.10 Å². The first-order valence-corrected chi connectivity index (χ1v) is 12.2. The van der Waals surface area contributed by atoms with Crippen molar-refractivity contribution in [2.75, 3.05) is 18.4 Å². The number of hydrogen-bond acceptors (Lipinski definition) is 5. The van der Waals surface area contributed by atoms with Crippen molar-refractivity contribution in [3.63, 3.8) is 0 Å². The Labute approximate surface area is 206 Å². The highest BCUT2D eigenvalue weighted by Crippen LogP contribution is 2.30. The molecule has 186 valence electrons. The summed E-state index contributed by atoms with van der Waals surface area (Å²) in [5, 5.41) is 12.0. The van der Waals surface area contributed by atoms with Gasteiger partial charge in [-0.3, -0.25) is 4.79 Å². The van der Waals surface area contributed by atoms with E-state index in [1.54, 1.807) is 17.3 Å². The minimum atomic E-state index is -0.394. The zero-order valence-corrected chi connectivity index (χ0v) is 21.2. The molecule has 0 unspecified atom stereocenters. The predicted octanol–water partition coefficient (Wildman–Crippen LogP) is 3.82. The maximum absolute atomic E-state index is 13.6. The maximum atomic E-state index is 13.6. The Morgan fingerprint density at radius 1 is 1.14 bits per heavy atom. The molecule has 3 heterocycles. The molecule has 1 saturated heterocycles. The molecule has 3 aromatic rings. The molecule has 1 aromatic carbocycles. The van der Waals surface area contributed by atoms with Crippen molar-refractivity contribution in [2.45, 2.75) is 66.1 Å². The second-order valence-electron chi connectivity index (χ2n) is 9.50. The maximum Gasteiger partial charge on any atom is 0.314 e. The molecule has 4 N–H and O–H groups in total. The minimum absolute atomic E-state index is 0.103. The number of nitrogens with one attached hydrogen (secondary N) is 2. The summed E-state index contributed by atoms with van der Waals surface area (Å²) in [6.07, 6.45) is 4.89. The van der Waals surface area contributed by atoms with Crippen LogP contribution in [0.25, 0.3) is 11.0 Å². The number of nitrogens with two attached hydrogens (primary N) is 1. The number of pyridine rings is 1. The van der Waals surface area contributed by atoms with Crippen molar-refractivity contribution >= 4 is 28.7 Å². The molecule has 35 heavy (non-hydrogen) atoms. The van der Waals surface area contributed by atoms with E-state index < -0.39 is 6.03 Å². The molecule has 1 aliphatic heterocycles. The predicted molar refractivity (Wildman–Crippen MR) is 138 cm³/mol. The Bertz CT molecular complexity index is 1240. The molecule has 0 spiro atoms. The van der Waals surface area contributed by atoms with Crippen LogP contribution in [0.15, 0.2) is 24.5 Å². The lowest BCUT2D eigenvalue weighted by atomic mass is 9.94. The molecule has 4 rings (SSSR count). The van der Waals surface area contributed by atoms with E-state index in [0.29, 0.717) is 25.2 Å². The minimum Gasteiger partial charge on any atom is -0.381 e. The van der Waals surface area contributed by atoms with E-state index in [4.69, 9.17) is 5.73 Å². The first-order chi connectivity index (χ1) is 16.7. The summed E-state index contributed by atoms with van der Waals surface area (Å²) in [6, 6.07) is 3.83. The molecule has 1 aliphatic rings. The topological polar surface area (TPSA) is 118 Å². The average Bonchev–Trinajstić information content (AvgIpc) is 3.22. The zero-order valence-electron chi connectivity index (χ0n) is 21.2. The van der Waals surface area contributed by atoms with E-state index in [-0.39, 0.29) is 18.0 Å². The van der Waals surface area contributed by atoms with Crippen molar-refractivity contribution in [1.29, 1.82) is 0 Å². The van der Waals surface area contributed by atoms with E-state index in [2.05, 4.69) is 53.6 Å². The smallest absolute Gasteiger partial charge is 0.314 e. The standard InChI is InChI=1S/C26H35N7O2/c1-6-33-24-20(14-29-33)23(31-19-7-9-32(10-8-19)26(27)35)21(13-28-24)25(34)30-18(5)22-16(3)11-15(2)12-17(22)4/h11-14,18-19H,6-10H2,1-5H3,(H2,27,35)(H,28,31)(H,30,34)/t18-/m1/s1. The van der Waals surface area contributed by atoms with Gasteiger partial charge in [0.1, 0.15) is 0 Å². The fourth-order valence-corrected chi connectivity index (χ4v) is 5.25. The van der Waals surface area contributed by atoms with Crippen LogP contribution in [0.4, 0.5) is 10.5 Å². The number of rotatable bonds is 6. The van der Waals surface area contributed by atoms with Crippen LogP contribution in [0.2, 0.25) is 0 Å². The van der Waals surface area contributed by atoms with Gasteiger partial charge in [-0.1, -0.05) is 17.7 Å². The number of amides is 3. The number of carbonyl (C=O) groups is 2.